The highest BCUT2D eigenvalue weighted by Gasteiger charge is 2.18. The number of fused-ring (bicyclic) bond motifs is 1. The van der Waals surface area contributed by atoms with Crippen molar-refractivity contribution in [2.45, 2.75) is 35.9 Å². The number of carbonyl (C=O) groups is 1. The number of aliphatic hydroxyl groups excluding tert-OH is 1. The van der Waals surface area contributed by atoms with Crippen LogP contribution in [0, 0.1) is 0 Å². The van der Waals surface area contributed by atoms with Crippen LogP contribution in [-0.4, -0.2) is 33.9 Å². The zero-order chi connectivity index (χ0) is 14.5. The van der Waals surface area contributed by atoms with Gasteiger partial charge in [-0.25, -0.2) is 4.98 Å². The molecular formula is C14H18N2O2S2. The monoisotopic (exact) mass is 310 g/mol. The maximum absolute atomic E-state index is 12.0. The van der Waals surface area contributed by atoms with Gasteiger partial charge in [0.2, 0.25) is 5.91 Å². The number of rotatable bonds is 6. The molecule has 0 bridgehead atoms. The normalized spacial score (nSPS) is 14.2. The van der Waals surface area contributed by atoms with Crippen molar-refractivity contribution in [2.24, 2.45) is 0 Å². The van der Waals surface area contributed by atoms with Crippen LogP contribution in [0.4, 0.5) is 0 Å². The van der Waals surface area contributed by atoms with E-state index >= 15 is 0 Å². The van der Waals surface area contributed by atoms with Crippen molar-refractivity contribution in [2.75, 3.05) is 6.61 Å². The lowest BCUT2D eigenvalue weighted by molar-refractivity contribution is -0.120. The van der Waals surface area contributed by atoms with Gasteiger partial charge >= 0.3 is 0 Å². The molecule has 2 aromatic rings. The van der Waals surface area contributed by atoms with Gasteiger partial charge in [-0.05, 0) is 32.4 Å². The standard InChI is InChI=1S/C14H18N2O2S2/c1-9(7-8-17)15-13(18)10(2)19-14-16-11-5-3-4-6-12(11)20-14/h3-6,9-10,17H,7-8H2,1-2H3,(H,15,18)/t9-,10?/m1/s1. The van der Waals surface area contributed by atoms with Crippen LogP contribution in [0.2, 0.25) is 0 Å². The molecule has 0 fully saturated rings. The summed E-state index contributed by atoms with van der Waals surface area (Å²) < 4.78 is 2.04. The Balaban J connectivity index is 1.96. The highest BCUT2D eigenvalue weighted by molar-refractivity contribution is 8.02. The molecule has 2 rings (SSSR count). The maximum Gasteiger partial charge on any atom is 0.233 e. The average Bonchev–Trinajstić information content (AvgIpc) is 2.80. The van der Waals surface area contributed by atoms with Gasteiger partial charge in [0.15, 0.2) is 4.34 Å². The molecular weight excluding hydrogens is 292 g/mol. The Kier molecular flexibility index (Phi) is 5.39. The highest BCUT2D eigenvalue weighted by Crippen LogP contribution is 2.31. The Morgan fingerprint density at radius 3 is 2.90 bits per heavy atom. The van der Waals surface area contributed by atoms with E-state index in [1.807, 2.05) is 38.1 Å². The van der Waals surface area contributed by atoms with E-state index in [1.54, 1.807) is 11.3 Å². The second-order valence-corrected chi connectivity index (χ2v) is 7.25. The summed E-state index contributed by atoms with van der Waals surface area (Å²) in [5.74, 6) is -0.0183. The second kappa shape index (κ2) is 7.06. The van der Waals surface area contributed by atoms with Crippen molar-refractivity contribution in [1.29, 1.82) is 0 Å². The van der Waals surface area contributed by atoms with Crippen molar-refractivity contribution in [1.82, 2.24) is 10.3 Å². The predicted octanol–water partition coefficient (Wildman–Crippen LogP) is 2.66. The number of thioether (sulfide) groups is 1. The van der Waals surface area contributed by atoms with E-state index in [1.165, 1.54) is 11.8 Å². The van der Waals surface area contributed by atoms with Crippen LogP contribution in [0.15, 0.2) is 28.6 Å². The minimum absolute atomic E-state index is 0.00841. The number of carbonyl (C=O) groups excluding carboxylic acids is 1. The number of benzene rings is 1. The molecule has 1 aromatic carbocycles. The molecule has 1 amide bonds. The number of hydrogen-bond donors (Lipinski definition) is 2. The topological polar surface area (TPSA) is 62.2 Å². The fourth-order valence-corrected chi connectivity index (χ4v) is 3.95. The van der Waals surface area contributed by atoms with Crippen LogP contribution in [0.5, 0.6) is 0 Å². The molecule has 20 heavy (non-hydrogen) atoms. The fourth-order valence-electron chi connectivity index (χ4n) is 1.73. The number of nitrogens with zero attached hydrogens (tertiary/aromatic N) is 1. The van der Waals surface area contributed by atoms with Gasteiger partial charge in [-0.3, -0.25) is 4.79 Å². The third kappa shape index (κ3) is 3.94. The first-order valence-electron chi connectivity index (χ1n) is 6.53. The third-order valence-electron chi connectivity index (χ3n) is 2.87. The van der Waals surface area contributed by atoms with Gasteiger partial charge in [0.25, 0.3) is 0 Å². The lowest BCUT2D eigenvalue weighted by Crippen LogP contribution is -2.38. The minimum Gasteiger partial charge on any atom is -0.396 e. The Bertz CT molecular complexity index is 552. The quantitative estimate of drug-likeness (QED) is 0.805. The molecule has 1 unspecified atom stereocenters. The average molecular weight is 310 g/mol. The molecule has 6 heteroatoms. The number of nitrogens with one attached hydrogen (secondary N) is 1. The maximum atomic E-state index is 12.0. The Morgan fingerprint density at radius 1 is 1.45 bits per heavy atom. The van der Waals surface area contributed by atoms with Crippen LogP contribution >= 0.6 is 23.1 Å². The van der Waals surface area contributed by atoms with Crippen molar-refractivity contribution >= 4 is 39.2 Å². The van der Waals surface area contributed by atoms with E-state index in [0.29, 0.717) is 6.42 Å². The van der Waals surface area contributed by atoms with Gasteiger partial charge in [-0.15, -0.1) is 11.3 Å². The number of aromatic nitrogens is 1. The molecule has 2 atom stereocenters. The highest BCUT2D eigenvalue weighted by atomic mass is 32.2. The van der Waals surface area contributed by atoms with Gasteiger partial charge in [0.1, 0.15) is 0 Å². The molecule has 0 aliphatic carbocycles. The van der Waals surface area contributed by atoms with E-state index in [2.05, 4.69) is 10.3 Å². The predicted molar refractivity (Wildman–Crippen MR) is 84.2 cm³/mol. The first-order chi connectivity index (χ1) is 9.60. The van der Waals surface area contributed by atoms with Crippen molar-refractivity contribution in [3.05, 3.63) is 24.3 Å². The van der Waals surface area contributed by atoms with Crippen LogP contribution in [0.25, 0.3) is 10.2 Å². The lowest BCUT2D eigenvalue weighted by atomic mass is 10.2. The number of para-hydroxylation sites is 1. The molecule has 1 heterocycles. The number of thiazole rings is 1. The van der Waals surface area contributed by atoms with Crippen molar-refractivity contribution < 1.29 is 9.90 Å². The van der Waals surface area contributed by atoms with Gasteiger partial charge in [-0.2, -0.15) is 0 Å². The summed E-state index contributed by atoms with van der Waals surface area (Å²) in [6.45, 7) is 3.85. The number of aliphatic hydroxyl groups is 1. The second-order valence-electron chi connectivity index (χ2n) is 4.63. The fraction of sp³-hybridized carbons (Fsp3) is 0.429. The molecule has 2 N–H and O–H groups in total. The summed E-state index contributed by atoms with van der Waals surface area (Å²) in [5.41, 5.74) is 0.973. The van der Waals surface area contributed by atoms with E-state index in [9.17, 15) is 4.79 Å². The number of hydrogen-bond acceptors (Lipinski definition) is 5. The summed E-state index contributed by atoms with van der Waals surface area (Å²) in [4.78, 5) is 16.5. The molecule has 0 aliphatic rings. The molecule has 1 aromatic heterocycles. The zero-order valence-electron chi connectivity index (χ0n) is 11.5. The number of amides is 1. The van der Waals surface area contributed by atoms with Crippen LogP contribution in [0.3, 0.4) is 0 Å². The smallest absolute Gasteiger partial charge is 0.233 e. The molecule has 0 aliphatic heterocycles. The summed E-state index contributed by atoms with van der Waals surface area (Å²) >= 11 is 3.07. The Hall–Kier alpha value is -1.11. The van der Waals surface area contributed by atoms with Crippen molar-refractivity contribution in [3.63, 3.8) is 0 Å². The largest absolute Gasteiger partial charge is 0.396 e. The van der Waals surface area contributed by atoms with Gasteiger partial charge in [0.05, 0.1) is 15.5 Å². The Morgan fingerprint density at radius 2 is 2.20 bits per heavy atom. The van der Waals surface area contributed by atoms with Gasteiger partial charge < -0.3 is 10.4 Å². The first kappa shape index (κ1) is 15.3. The molecule has 4 nitrogen and oxygen atoms in total. The minimum atomic E-state index is -0.197. The molecule has 0 saturated carbocycles. The zero-order valence-corrected chi connectivity index (χ0v) is 13.1. The first-order valence-corrected chi connectivity index (χ1v) is 8.23. The van der Waals surface area contributed by atoms with Gasteiger partial charge in [-0.1, -0.05) is 23.9 Å². The van der Waals surface area contributed by atoms with E-state index in [4.69, 9.17) is 5.11 Å². The summed E-state index contributed by atoms with van der Waals surface area (Å²) in [6.07, 6.45) is 0.574. The summed E-state index contributed by atoms with van der Waals surface area (Å²) in [7, 11) is 0. The van der Waals surface area contributed by atoms with E-state index < -0.39 is 0 Å². The van der Waals surface area contributed by atoms with Gasteiger partial charge in [0, 0.05) is 12.6 Å². The summed E-state index contributed by atoms with van der Waals surface area (Å²) in [5, 5.41) is 11.5. The van der Waals surface area contributed by atoms with Crippen LogP contribution in [0.1, 0.15) is 20.3 Å². The Labute approximate surface area is 126 Å². The molecule has 108 valence electrons. The molecule has 0 saturated heterocycles. The van der Waals surface area contributed by atoms with E-state index in [-0.39, 0.29) is 23.8 Å². The van der Waals surface area contributed by atoms with Crippen molar-refractivity contribution in [3.8, 4) is 0 Å². The van der Waals surface area contributed by atoms with Crippen LogP contribution < -0.4 is 5.32 Å². The molecule has 0 spiro atoms. The van der Waals surface area contributed by atoms with Crippen LogP contribution in [-0.2, 0) is 4.79 Å². The third-order valence-corrected chi connectivity index (χ3v) is 5.10. The molecule has 0 radical (unpaired) electrons. The summed E-state index contributed by atoms with van der Waals surface area (Å²) in [6, 6.07) is 7.95. The lowest BCUT2D eigenvalue weighted by Gasteiger charge is -2.15. The van der Waals surface area contributed by atoms with E-state index in [0.717, 1.165) is 14.6 Å². The SMILES string of the molecule is CC(Sc1nc2ccccc2s1)C(=O)N[C@H](C)CCO.